The molecule has 1 aliphatic heterocycles. The molecule has 2 heterocycles. The predicted molar refractivity (Wildman–Crippen MR) is 133 cm³/mol. The summed E-state index contributed by atoms with van der Waals surface area (Å²) in [4.78, 5) is 30.8. The Kier molecular flexibility index (Phi) is 7.67. The molecule has 1 aliphatic rings. The summed E-state index contributed by atoms with van der Waals surface area (Å²) in [6.45, 7) is 3.97. The third kappa shape index (κ3) is 5.00. The van der Waals surface area contributed by atoms with E-state index < -0.39 is 0 Å². The largest absolute Gasteiger partial charge is 0.494 e. The molecule has 0 N–H and O–H groups in total. The Morgan fingerprint density at radius 2 is 1.73 bits per heavy atom. The lowest BCUT2D eigenvalue weighted by atomic mass is 9.84. The van der Waals surface area contributed by atoms with Gasteiger partial charge in [0.05, 0.1) is 13.3 Å². The second-order valence-electron chi connectivity index (χ2n) is 8.43. The number of carbonyl (C=O) groups is 2. The second-order valence-corrected chi connectivity index (χ2v) is 8.43. The second kappa shape index (κ2) is 10.3. The van der Waals surface area contributed by atoms with Crippen LogP contribution in [0.15, 0.2) is 54.9 Å². The van der Waals surface area contributed by atoms with E-state index in [1.54, 1.807) is 19.5 Å². The SMILES string of the molecule is COc1cnccc1-c1ccc(CC2c3cc(C(C)=O)c(C(C)=O)cc3CCN2C)cc1.Cl. The zero-order valence-corrected chi connectivity index (χ0v) is 20.2. The van der Waals surface area contributed by atoms with E-state index in [0.29, 0.717) is 11.1 Å². The molecule has 0 radical (unpaired) electrons. The lowest BCUT2D eigenvalue weighted by Gasteiger charge is -2.35. The van der Waals surface area contributed by atoms with Crippen molar-refractivity contribution in [3.05, 3.63) is 82.7 Å². The number of likely N-dealkylation sites (N-methyl/N-ethyl adjacent to an activating group) is 1. The molecule has 4 rings (SSSR count). The van der Waals surface area contributed by atoms with Crippen molar-refractivity contribution in [2.24, 2.45) is 0 Å². The van der Waals surface area contributed by atoms with Gasteiger partial charge >= 0.3 is 0 Å². The number of benzene rings is 2. The number of fused-ring (bicyclic) bond motifs is 1. The first-order chi connectivity index (χ1) is 15.4. The van der Waals surface area contributed by atoms with E-state index in [0.717, 1.165) is 41.8 Å². The van der Waals surface area contributed by atoms with Crippen molar-refractivity contribution in [3.63, 3.8) is 0 Å². The summed E-state index contributed by atoms with van der Waals surface area (Å²) < 4.78 is 5.44. The minimum atomic E-state index is -0.0689. The summed E-state index contributed by atoms with van der Waals surface area (Å²) in [5, 5.41) is 0. The highest BCUT2D eigenvalue weighted by molar-refractivity contribution is 6.07. The first-order valence-corrected chi connectivity index (χ1v) is 10.8. The van der Waals surface area contributed by atoms with Crippen LogP contribution in [0.25, 0.3) is 11.1 Å². The molecule has 0 spiro atoms. The smallest absolute Gasteiger partial charge is 0.160 e. The van der Waals surface area contributed by atoms with Gasteiger partial charge in [0.15, 0.2) is 11.6 Å². The van der Waals surface area contributed by atoms with Crippen LogP contribution in [0.3, 0.4) is 0 Å². The maximum Gasteiger partial charge on any atom is 0.160 e. The summed E-state index contributed by atoms with van der Waals surface area (Å²) >= 11 is 0. The lowest BCUT2D eigenvalue weighted by Crippen LogP contribution is -2.34. The lowest BCUT2D eigenvalue weighted by molar-refractivity contribution is 0.0980. The number of ether oxygens (including phenoxy) is 1. The molecule has 0 bridgehead atoms. The molecule has 3 aromatic rings. The van der Waals surface area contributed by atoms with Crippen LogP contribution in [0.1, 0.15) is 57.3 Å². The Balaban J connectivity index is 0.00000306. The molecule has 1 atom stereocenters. The zero-order chi connectivity index (χ0) is 22.8. The van der Waals surface area contributed by atoms with Gasteiger partial charge in [-0.15, -0.1) is 12.4 Å². The highest BCUT2D eigenvalue weighted by Gasteiger charge is 2.27. The molecule has 0 fully saturated rings. The van der Waals surface area contributed by atoms with Gasteiger partial charge in [0.1, 0.15) is 5.75 Å². The van der Waals surface area contributed by atoms with Crippen LogP contribution in [0, 0.1) is 0 Å². The molecular formula is C27H29ClN2O3. The molecule has 0 amide bonds. The summed E-state index contributed by atoms with van der Waals surface area (Å²) in [6, 6.07) is 14.5. The number of nitrogens with zero attached hydrogens (tertiary/aromatic N) is 2. The predicted octanol–water partition coefficient (Wildman–Crippen LogP) is 5.36. The molecule has 0 saturated heterocycles. The van der Waals surface area contributed by atoms with Crippen LogP contribution in [0.4, 0.5) is 0 Å². The quantitative estimate of drug-likeness (QED) is 0.460. The Morgan fingerprint density at radius 3 is 2.36 bits per heavy atom. The number of carbonyl (C=O) groups excluding carboxylic acids is 2. The molecule has 172 valence electrons. The fourth-order valence-electron chi connectivity index (χ4n) is 4.55. The Morgan fingerprint density at radius 1 is 1.06 bits per heavy atom. The number of rotatable bonds is 6. The van der Waals surface area contributed by atoms with E-state index in [1.165, 1.54) is 25.0 Å². The van der Waals surface area contributed by atoms with Gasteiger partial charge in [-0.25, -0.2) is 0 Å². The van der Waals surface area contributed by atoms with E-state index >= 15 is 0 Å². The molecule has 1 aromatic heterocycles. The Labute approximate surface area is 201 Å². The van der Waals surface area contributed by atoms with Gasteiger partial charge in [-0.2, -0.15) is 0 Å². The molecule has 6 heteroatoms. The zero-order valence-electron chi connectivity index (χ0n) is 19.4. The van der Waals surface area contributed by atoms with E-state index in [1.807, 2.05) is 18.2 Å². The van der Waals surface area contributed by atoms with E-state index in [4.69, 9.17) is 4.74 Å². The van der Waals surface area contributed by atoms with Crippen molar-refractivity contribution in [1.29, 1.82) is 0 Å². The molecule has 33 heavy (non-hydrogen) atoms. The van der Waals surface area contributed by atoms with Gasteiger partial charge in [-0.05, 0) is 74.2 Å². The summed E-state index contributed by atoms with van der Waals surface area (Å²) in [5.74, 6) is 0.621. The van der Waals surface area contributed by atoms with Gasteiger partial charge in [0.2, 0.25) is 0 Å². The maximum atomic E-state index is 12.2. The van der Waals surface area contributed by atoms with E-state index in [9.17, 15) is 9.59 Å². The van der Waals surface area contributed by atoms with Gasteiger partial charge in [-0.3, -0.25) is 19.5 Å². The third-order valence-corrected chi connectivity index (χ3v) is 6.36. The van der Waals surface area contributed by atoms with Crippen molar-refractivity contribution >= 4 is 24.0 Å². The van der Waals surface area contributed by atoms with Crippen molar-refractivity contribution in [2.75, 3.05) is 20.7 Å². The van der Waals surface area contributed by atoms with Crippen molar-refractivity contribution in [1.82, 2.24) is 9.88 Å². The Bertz CT molecular complexity index is 1170. The molecule has 1 unspecified atom stereocenters. The Hall–Kier alpha value is -3.02. The topological polar surface area (TPSA) is 59.5 Å². The third-order valence-electron chi connectivity index (χ3n) is 6.36. The van der Waals surface area contributed by atoms with Crippen LogP contribution in [-0.4, -0.2) is 42.2 Å². The number of hydrogen-bond donors (Lipinski definition) is 0. The van der Waals surface area contributed by atoms with Crippen LogP contribution < -0.4 is 4.74 Å². The number of hydrogen-bond acceptors (Lipinski definition) is 5. The van der Waals surface area contributed by atoms with Gasteiger partial charge in [-0.1, -0.05) is 24.3 Å². The number of methoxy groups -OCH3 is 1. The van der Waals surface area contributed by atoms with E-state index in [-0.39, 0.29) is 30.0 Å². The summed E-state index contributed by atoms with van der Waals surface area (Å²) in [7, 11) is 3.77. The monoisotopic (exact) mass is 464 g/mol. The van der Waals surface area contributed by atoms with Crippen molar-refractivity contribution < 1.29 is 14.3 Å². The minimum absolute atomic E-state index is 0. The number of halogens is 1. The average Bonchev–Trinajstić information content (AvgIpc) is 2.80. The highest BCUT2D eigenvalue weighted by atomic mass is 35.5. The minimum Gasteiger partial charge on any atom is -0.494 e. The van der Waals surface area contributed by atoms with Crippen molar-refractivity contribution in [3.8, 4) is 16.9 Å². The van der Waals surface area contributed by atoms with Gasteiger partial charge in [0, 0.05) is 35.5 Å². The first kappa shape index (κ1) is 24.6. The molecular weight excluding hydrogens is 436 g/mol. The summed E-state index contributed by atoms with van der Waals surface area (Å²) in [5.41, 5.74) is 6.68. The number of pyridine rings is 1. The molecule has 0 saturated carbocycles. The molecule has 0 aliphatic carbocycles. The van der Waals surface area contributed by atoms with Crippen LogP contribution in [-0.2, 0) is 12.8 Å². The molecule has 2 aromatic carbocycles. The van der Waals surface area contributed by atoms with Gasteiger partial charge < -0.3 is 4.74 Å². The normalized spacial score (nSPS) is 15.3. The number of aromatic nitrogens is 1. The first-order valence-electron chi connectivity index (χ1n) is 10.8. The highest BCUT2D eigenvalue weighted by Crippen LogP contribution is 2.35. The van der Waals surface area contributed by atoms with Crippen LogP contribution in [0.5, 0.6) is 5.75 Å². The maximum absolute atomic E-state index is 12.2. The molecule has 5 nitrogen and oxygen atoms in total. The van der Waals surface area contributed by atoms with Crippen LogP contribution >= 0.6 is 12.4 Å². The van der Waals surface area contributed by atoms with Gasteiger partial charge in [0.25, 0.3) is 0 Å². The standard InChI is InChI=1S/C27H28N2O3.ClH/c1-17(30)23-14-21-10-12-29(3)26(25(21)15-24(23)18(2)31)13-19-5-7-20(8-6-19)22-9-11-28-16-27(22)32-4;/h5-9,11,14-16,26H,10,12-13H2,1-4H3;1H. The van der Waals surface area contributed by atoms with E-state index in [2.05, 4.69) is 41.2 Å². The van der Waals surface area contributed by atoms with Crippen LogP contribution in [0.2, 0.25) is 0 Å². The number of ketones is 2. The summed E-state index contributed by atoms with van der Waals surface area (Å²) in [6.07, 6.45) is 5.19. The fraction of sp³-hybridized carbons (Fsp3) is 0.296. The average molecular weight is 465 g/mol. The van der Waals surface area contributed by atoms with Crippen molar-refractivity contribution in [2.45, 2.75) is 32.7 Å². The fourth-order valence-corrected chi connectivity index (χ4v) is 4.55. The number of Topliss-reactive ketones (excluding diaryl/α,β-unsaturated/α-hetero) is 2.